The molecule has 2 rings (SSSR count). The number of hydrogen-bond donors (Lipinski definition) is 1. The molecule has 0 radical (unpaired) electrons. The Morgan fingerprint density at radius 1 is 1.22 bits per heavy atom. The molecule has 0 spiro atoms. The van der Waals surface area contributed by atoms with Crippen LogP contribution in [0.1, 0.15) is 45.6 Å². The second kappa shape index (κ2) is 5.01. The van der Waals surface area contributed by atoms with Gasteiger partial charge in [0, 0.05) is 19.0 Å². The first-order chi connectivity index (χ1) is 8.49. The number of hydrogen-bond acceptors (Lipinski definition) is 2. The van der Waals surface area contributed by atoms with Crippen molar-refractivity contribution in [3.05, 3.63) is 23.8 Å². The van der Waals surface area contributed by atoms with Crippen LogP contribution in [0.2, 0.25) is 0 Å². The molecular formula is C15H22N2O. The van der Waals surface area contributed by atoms with Gasteiger partial charge in [0.05, 0.1) is 11.4 Å². The van der Waals surface area contributed by atoms with Gasteiger partial charge in [0.2, 0.25) is 5.91 Å². The van der Waals surface area contributed by atoms with Crippen LogP contribution in [0.4, 0.5) is 11.4 Å². The lowest BCUT2D eigenvalue weighted by Crippen LogP contribution is -2.31. The van der Waals surface area contributed by atoms with Gasteiger partial charge in [0.1, 0.15) is 0 Å². The molecule has 1 aliphatic rings. The van der Waals surface area contributed by atoms with Gasteiger partial charge in [0.15, 0.2) is 0 Å². The van der Waals surface area contributed by atoms with Crippen molar-refractivity contribution in [1.82, 2.24) is 0 Å². The highest BCUT2D eigenvalue weighted by Gasteiger charge is 2.21. The Hall–Kier alpha value is -1.51. The number of nitrogens with zero attached hydrogens (tertiary/aromatic N) is 1. The van der Waals surface area contributed by atoms with Crippen molar-refractivity contribution in [1.29, 1.82) is 0 Å². The monoisotopic (exact) mass is 246 g/mol. The summed E-state index contributed by atoms with van der Waals surface area (Å²) in [4.78, 5) is 14.0. The van der Waals surface area contributed by atoms with Crippen molar-refractivity contribution in [2.45, 2.75) is 46.1 Å². The molecule has 1 aliphatic heterocycles. The fourth-order valence-corrected chi connectivity index (χ4v) is 2.35. The van der Waals surface area contributed by atoms with Crippen molar-refractivity contribution in [2.24, 2.45) is 0 Å². The van der Waals surface area contributed by atoms with Crippen LogP contribution in [0.15, 0.2) is 18.2 Å². The third kappa shape index (κ3) is 2.50. The van der Waals surface area contributed by atoms with E-state index in [0.717, 1.165) is 17.9 Å². The summed E-state index contributed by atoms with van der Waals surface area (Å²) in [5.74, 6) is 0.586. The van der Waals surface area contributed by atoms with Gasteiger partial charge in [-0.15, -0.1) is 0 Å². The number of rotatable bonds is 2. The maximum absolute atomic E-state index is 11.8. The number of amides is 1. The van der Waals surface area contributed by atoms with E-state index < -0.39 is 0 Å². The topological polar surface area (TPSA) is 32.3 Å². The molecule has 0 aromatic heterocycles. The van der Waals surface area contributed by atoms with E-state index in [-0.39, 0.29) is 5.91 Å². The third-order valence-electron chi connectivity index (χ3n) is 3.47. The van der Waals surface area contributed by atoms with Crippen LogP contribution in [0, 0.1) is 0 Å². The smallest absolute Gasteiger partial charge is 0.226 e. The summed E-state index contributed by atoms with van der Waals surface area (Å²) in [7, 11) is 0. The van der Waals surface area contributed by atoms with Crippen molar-refractivity contribution in [2.75, 3.05) is 16.8 Å². The highest BCUT2D eigenvalue weighted by Crippen LogP contribution is 2.33. The second-order valence-corrected chi connectivity index (χ2v) is 5.52. The van der Waals surface area contributed by atoms with E-state index in [4.69, 9.17) is 0 Å². The van der Waals surface area contributed by atoms with E-state index in [0.29, 0.717) is 18.4 Å². The molecule has 1 aromatic rings. The van der Waals surface area contributed by atoms with E-state index in [1.54, 1.807) is 0 Å². The zero-order chi connectivity index (χ0) is 13.3. The van der Waals surface area contributed by atoms with Crippen molar-refractivity contribution >= 4 is 17.3 Å². The molecule has 1 N–H and O–H groups in total. The largest absolute Gasteiger partial charge is 0.367 e. The molecule has 0 unspecified atom stereocenters. The van der Waals surface area contributed by atoms with Crippen LogP contribution in [-0.2, 0) is 4.79 Å². The minimum Gasteiger partial charge on any atom is -0.367 e. The Morgan fingerprint density at radius 2 is 1.94 bits per heavy atom. The Labute approximate surface area is 109 Å². The summed E-state index contributed by atoms with van der Waals surface area (Å²) in [5.41, 5.74) is 3.36. The van der Waals surface area contributed by atoms with Crippen molar-refractivity contribution in [3.8, 4) is 0 Å². The Kier molecular flexibility index (Phi) is 3.60. The number of benzene rings is 1. The van der Waals surface area contributed by atoms with E-state index in [1.807, 2.05) is 0 Å². The molecule has 3 heteroatoms. The molecule has 0 atom stereocenters. The molecule has 0 saturated heterocycles. The van der Waals surface area contributed by atoms with E-state index >= 15 is 0 Å². The Bertz CT molecular complexity index is 452. The van der Waals surface area contributed by atoms with Crippen molar-refractivity contribution in [3.63, 3.8) is 0 Å². The fourth-order valence-electron chi connectivity index (χ4n) is 2.35. The molecule has 98 valence electrons. The van der Waals surface area contributed by atoms with Crippen LogP contribution < -0.4 is 10.2 Å². The number of carbonyl (C=O) groups excluding carboxylic acids is 1. The average molecular weight is 246 g/mol. The molecule has 1 amide bonds. The summed E-state index contributed by atoms with van der Waals surface area (Å²) >= 11 is 0. The van der Waals surface area contributed by atoms with Gasteiger partial charge in [-0.25, -0.2) is 0 Å². The molecule has 0 aliphatic carbocycles. The van der Waals surface area contributed by atoms with E-state index in [1.165, 1.54) is 5.56 Å². The lowest BCUT2D eigenvalue weighted by Gasteiger charge is -2.28. The predicted molar refractivity (Wildman–Crippen MR) is 76.3 cm³/mol. The number of fused-ring (bicyclic) bond motifs is 1. The normalized spacial score (nSPS) is 15.7. The molecule has 18 heavy (non-hydrogen) atoms. The van der Waals surface area contributed by atoms with Crippen molar-refractivity contribution < 1.29 is 4.79 Å². The first-order valence-electron chi connectivity index (χ1n) is 6.69. The standard InChI is InChI=1S/C15H22N2O/c1-10(2)12-5-6-14-13(9-12)16-15(18)7-8-17(14)11(3)4/h5-6,9-11H,7-8H2,1-4H3,(H,16,18). The SMILES string of the molecule is CC(C)c1ccc2c(c1)NC(=O)CCN2C(C)C. The molecule has 0 saturated carbocycles. The minimum absolute atomic E-state index is 0.111. The summed E-state index contributed by atoms with van der Waals surface area (Å²) in [6, 6.07) is 6.81. The van der Waals surface area contributed by atoms with Crippen LogP contribution >= 0.6 is 0 Å². The molecule has 3 nitrogen and oxygen atoms in total. The summed E-state index contributed by atoms with van der Waals surface area (Å²) < 4.78 is 0. The van der Waals surface area contributed by atoms with Crippen LogP contribution in [0.25, 0.3) is 0 Å². The highest BCUT2D eigenvalue weighted by atomic mass is 16.1. The number of nitrogens with one attached hydrogen (secondary N) is 1. The Balaban J connectivity index is 2.45. The predicted octanol–water partition coefficient (Wildman–Crippen LogP) is 3.37. The van der Waals surface area contributed by atoms with Gasteiger partial charge in [-0.1, -0.05) is 19.9 Å². The van der Waals surface area contributed by atoms with Gasteiger partial charge in [-0.05, 0) is 37.5 Å². The zero-order valence-corrected chi connectivity index (χ0v) is 11.7. The molecular weight excluding hydrogens is 224 g/mol. The van der Waals surface area contributed by atoms with Gasteiger partial charge < -0.3 is 10.2 Å². The highest BCUT2D eigenvalue weighted by molar-refractivity contribution is 5.96. The zero-order valence-electron chi connectivity index (χ0n) is 11.7. The minimum atomic E-state index is 0.111. The van der Waals surface area contributed by atoms with Gasteiger partial charge in [-0.2, -0.15) is 0 Å². The van der Waals surface area contributed by atoms with Gasteiger partial charge in [0.25, 0.3) is 0 Å². The second-order valence-electron chi connectivity index (χ2n) is 5.52. The first kappa shape index (κ1) is 12.9. The van der Waals surface area contributed by atoms with Gasteiger partial charge >= 0.3 is 0 Å². The first-order valence-corrected chi connectivity index (χ1v) is 6.69. The lowest BCUT2D eigenvalue weighted by molar-refractivity contribution is -0.115. The number of anilines is 2. The molecule has 0 fully saturated rings. The summed E-state index contributed by atoms with van der Waals surface area (Å²) in [6.07, 6.45) is 0.559. The third-order valence-corrected chi connectivity index (χ3v) is 3.47. The maximum atomic E-state index is 11.8. The molecule has 1 aromatic carbocycles. The van der Waals surface area contributed by atoms with Crippen LogP contribution in [-0.4, -0.2) is 18.5 Å². The average Bonchev–Trinajstić information content (AvgIpc) is 2.45. The van der Waals surface area contributed by atoms with Crippen LogP contribution in [0.5, 0.6) is 0 Å². The molecule has 1 heterocycles. The summed E-state index contributed by atoms with van der Waals surface area (Å²) in [6.45, 7) is 9.45. The summed E-state index contributed by atoms with van der Waals surface area (Å²) in [5, 5.41) is 3.02. The quantitative estimate of drug-likeness (QED) is 0.867. The van der Waals surface area contributed by atoms with E-state index in [2.05, 4.69) is 56.1 Å². The maximum Gasteiger partial charge on any atom is 0.226 e. The number of carbonyl (C=O) groups is 1. The lowest BCUT2D eigenvalue weighted by atomic mass is 10.0. The van der Waals surface area contributed by atoms with Crippen LogP contribution in [0.3, 0.4) is 0 Å². The fraction of sp³-hybridized carbons (Fsp3) is 0.533. The molecule has 0 bridgehead atoms. The Morgan fingerprint density at radius 3 is 2.56 bits per heavy atom. The van der Waals surface area contributed by atoms with Gasteiger partial charge in [-0.3, -0.25) is 4.79 Å². The van der Waals surface area contributed by atoms with E-state index in [9.17, 15) is 4.79 Å².